The quantitative estimate of drug-likeness (QED) is 0.765. The van der Waals surface area contributed by atoms with Crippen LogP contribution >= 0.6 is 0 Å². The average Bonchev–Trinajstić information content (AvgIpc) is 3.24. The minimum Gasteiger partial charge on any atom is -0.459 e. The van der Waals surface area contributed by atoms with Crippen molar-refractivity contribution in [3.05, 3.63) is 48.3 Å². The number of aromatic nitrogens is 2. The first-order valence-corrected chi connectivity index (χ1v) is 8.22. The van der Waals surface area contributed by atoms with E-state index in [4.69, 9.17) is 4.74 Å². The first-order chi connectivity index (χ1) is 11.6. The van der Waals surface area contributed by atoms with Gasteiger partial charge in [-0.15, -0.1) is 0 Å². The second kappa shape index (κ2) is 7.29. The Bertz CT molecular complexity index is 707. The highest BCUT2D eigenvalue weighted by Crippen LogP contribution is 2.20. The van der Waals surface area contributed by atoms with E-state index in [1.807, 2.05) is 47.9 Å². The second-order valence-corrected chi connectivity index (χ2v) is 6.03. The zero-order valence-corrected chi connectivity index (χ0v) is 14.1. The summed E-state index contributed by atoms with van der Waals surface area (Å²) in [6.07, 6.45) is 5.19. The first kappa shape index (κ1) is 16.2. The second-order valence-electron chi connectivity index (χ2n) is 6.03. The molecule has 1 atom stereocenters. The third kappa shape index (κ3) is 4.01. The molecule has 0 saturated heterocycles. The predicted octanol–water partition coefficient (Wildman–Crippen LogP) is 3.10. The number of hydrazone groups is 1. The maximum absolute atomic E-state index is 12.2. The van der Waals surface area contributed by atoms with Crippen LogP contribution in [0.15, 0.2) is 47.8 Å². The van der Waals surface area contributed by atoms with Crippen LogP contribution in [0.4, 0.5) is 5.69 Å². The summed E-state index contributed by atoms with van der Waals surface area (Å²) in [4.78, 5) is 12.2. The molecule has 0 bridgehead atoms. The monoisotopic (exact) mass is 326 g/mol. The molecule has 1 aromatic carbocycles. The largest absolute Gasteiger partial charge is 0.459 e. The lowest BCUT2D eigenvalue weighted by Crippen LogP contribution is -2.17. The minimum absolute atomic E-state index is 0.160. The Balaban J connectivity index is 1.53. The maximum Gasteiger partial charge on any atom is 0.338 e. The average molecular weight is 326 g/mol. The van der Waals surface area contributed by atoms with E-state index in [1.165, 1.54) is 0 Å². The summed E-state index contributed by atoms with van der Waals surface area (Å²) in [7, 11) is 0. The van der Waals surface area contributed by atoms with E-state index in [1.54, 1.807) is 18.3 Å². The van der Waals surface area contributed by atoms with Crippen molar-refractivity contribution < 1.29 is 9.53 Å². The molecule has 126 valence electrons. The van der Waals surface area contributed by atoms with Crippen LogP contribution in [0.1, 0.15) is 37.0 Å². The van der Waals surface area contributed by atoms with Gasteiger partial charge in [0.15, 0.2) is 0 Å². The number of ether oxygens (including phenoxy) is 1. The molecule has 1 aliphatic rings. The molecule has 0 N–H and O–H groups in total. The smallest absolute Gasteiger partial charge is 0.338 e. The molecule has 2 heterocycles. The number of nitrogens with zero attached hydrogens (tertiary/aromatic N) is 4. The summed E-state index contributed by atoms with van der Waals surface area (Å²) >= 11 is 0. The van der Waals surface area contributed by atoms with Crippen LogP contribution in [-0.4, -0.2) is 34.1 Å². The Morgan fingerprint density at radius 2 is 2.12 bits per heavy atom. The molecule has 0 radical (unpaired) electrons. The number of hydrogen-bond donors (Lipinski definition) is 0. The SMILES string of the molecule is CC1=NN(c2ccc(C(=O)OC(C)CCn3cccn3)cc2)CC1. The number of benzene rings is 1. The zero-order valence-electron chi connectivity index (χ0n) is 14.1. The summed E-state index contributed by atoms with van der Waals surface area (Å²) < 4.78 is 7.33. The maximum atomic E-state index is 12.2. The van der Waals surface area contributed by atoms with Gasteiger partial charge in [0.1, 0.15) is 6.10 Å². The number of rotatable bonds is 6. The van der Waals surface area contributed by atoms with Crippen LogP contribution < -0.4 is 5.01 Å². The van der Waals surface area contributed by atoms with Crippen LogP contribution in [-0.2, 0) is 11.3 Å². The van der Waals surface area contributed by atoms with E-state index < -0.39 is 0 Å². The zero-order chi connectivity index (χ0) is 16.9. The highest BCUT2D eigenvalue weighted by molar-refractivity contribution is 5.90. The highest BCUT2D eigenvalue weighted by atomic mass is 16.5. The molecule has 24 heavy (non-hydrogen) atoms. The molecule has 0 fully saturated rings. The van der Waals surface area contributed by atoms with Crippen LogP contribution in [0, 0.1) is 0 Å². The molecule has 1 aliphatic heterocycles. The lowest BCUT2D eigenvalue weighted by Gasteiger charge is -2.15. The Hall–Kier alpha value is -2.63. The molecule has 0 spiro atoms. The normalized spacial score (nSPS) is 15.2. The van der Waals surface area contributed by atoms with Crippen molar-refractivity contribution in [1.29, 1.82) is 0 Å². The highest BCUT2D eigenvalue weighted by Gasteiger charge is 2.15. The third-order valence-corrected chi connectivity index (χ3v) is 4.01. The Morgan fingerprint density at radius 1 is 1.33 bits per heavy atom. The third-order valence-electron chi connectivity index (χ3n) is 4.01. The minimum atomic E-state index is -0.296. The van der Waals surface area contributed by atoms with Crippen molar-refractivity contribution in [2.45, 2.75) is 39.3 Å². The number of anilines is 1. The fourth-order valence-electron chi connectivity index (χ4n) is 2.59. The van der Waals surface area contributed by atoms with E-state index >= 15 is 0 Å². The summed E-state index contributed by atoms with van der Waals surface area (Å²) in [5.41, 5.74) is 2.68. The molecule has 0 aliphatic carbocycles. The van der Waals surface area contributed by atoms with E-state index in [9.17, 15) is 4.79 Å². The molecule has 2 aromatic rings. The van der Waals surface area contributed by atoms with Crippen LogP contribution in [0.25, 0.3) is 0 Å². The first-order valence-electron chi connectivity index (χ1n) is 8.22. The van der Waals surface area contributed by atoms with Crippen LogP contribution in [0.3, 0.4) is 0 Å². The standard InChI is InChI=1S/C18H22N4O2/c1-14-8-13-22(20-14)17-6-4-16(5-7-17)18(23)24-15(2)9-12-21-11-3-10-19-21/h3-7,10-11,15H,8-9,12-13H2,1-2H3. The van der Waals surface area contributed by atoms with Crippen molar-refractivity contribution in [3.63, 3.8) is 0 Å². The number of carbonyl (C=O) groups is 1. The van der Waals surface area contributed by atoms with Gasteiger partial charge in [-0.2, -0.15) is 10.2 Å². The fraction of sp³-hybridized carbons (Fsp3) is 0.389. The number of carbonyl (C=O) groups excluding carboxylic acids is 1. The van der Waals surface area contributed by atoms with Crippen molar-refractivity contribution in [2.24, 2.45) is 5.10 Å². The lowest BCUT2D eigenvalue weighted by atomic mass is 10.2. The van der Waals surface area contributed by atoms with Crippen molar-refractivity contribution in [3.8, 4) is 0 Å². The predicted molar refractivity (Wildman–Crippen MR) is 93.2 cm³/mol. The van der Waals surface area contributed by atoms with Crippen molar-refractivity contribution >= 4 is 17.4 Å². The Morgan fingerprint density at radius 3 is 2.75 bits per heavy atom. The molecule has 0 amide bonds. The van der Waals surface area contributed by atoms with E-state index in [0.717, 1.165) is 37.3 Å². The van der Waals surface area contributed by atoms with Gasteiger partial charge in [0.05, 0.1) is 11.3 Å². The summed E-state index contributed by atoms with van der Waals surface area (Å²) in [6.45, 7) is 5.54. The molecular formula is C18H22N4O2. The number of hydrogen-bond acceptors (Lipinski definition) is 5. The molecule has 1 unspecified atom stereocenters. The molecule has 3 rings (SSSR count). The Labute approximate surface area is 141 Å². The van der Waals surface area contributed by atoms with E-state index in [2.05, 4.69) is 10.2 Å². The molecule has 6 heteroatoms. The Kier molecular flexibility index (Phi) is 4.93. The summed E-state index contributed by atoms with van der Waals surface area (Å²) in [5, 5.41) is 10.6. The van der Waals surface area contributed by atoms with Gasteiger partial charge in [-0.05, 0) is 44.2 Å². The van der Waals surface area contributed by atoms with Gasteiger partial charge >= 0.3 is 5.97 Å². The molecular weight excluding hydrogens is 304 g/mol. The number of esters is 1. The van der Waals surface area contributed by atoms with Gasteiger partial charge in [0, 0.05) is 44.0 Å². The lowest BCUT2D eigenvalue weighted by molar-refractivity contribution is 0.0314. The van der Waals surface area contributed by atoms with Gasteiger partial charge < -0.3 is 4.74 Å². The van der Waals surface area contributed by atoms with Crippen LogP contribution in [0.5, 0.6) is 0 Å². The topological polar surface area (TPSA) is 59.7 Å². The van der Waals surface area contributed by atoms with E-state index in [-0.39, 0.29) is 12.1 Å². The molecule has 0 saturated carbocycles. The number of aryl methyl sites for hydroxylation is 1. The van der Waals surface area contributed by atoms with Crippen molar-refractivity contribution in [2.75, 3.05) is 11.6 Å². The summed E-state index contributed by atoms with van der Waals surface area (Å²) in [6, 6.07) is 9.28. The summed E-state index contributed by atoms with van der Waals surface area (Å²) in [5.74, 6) is -0.296. The fourth-order valence-corrected chi connectivity index (χ4v) is 2.59. The van der Waals surface area contributed by atoms with Gasteiger partial charge in [-0.1, -0.05) is 0 Å². The van der Waals surface area contributed by atoms with Gasteiger partial charge in [0.2, 0.25) is 0 Å². The molecule has 1 aromatic heterocycles. The van der Waals surface area contributed by atoms with Crippen LogP contribution in [0.2, 0.25) is 0 Å². The van der Waals surface area contributed by atoms with Gasteiger partial charge in [-0.25, -0.2) is 4.79 Å². The van der Waals surface area contributed by atoms with Crippen molar-refractivity contribution in [1.82, 2.24) is 9.78 Å². The molecule has 6 nitrogen and oxygen atoms in total. The van der Waals surface area contributed by atoms with E-state index in [0.29, 0.717) is 5.56 Å². The van der Waals surface area contributed by atoms with Gasteiger partial charge in [0.25, 0.3) is 0 Å². The van der Waals surface area contributed by atoms with Gasteiger partial charge in [-0.3, -0.25) is 9.69 Å².